The molecular weight excluding hydrogens is 232 g/mol. The van der Waals surface area contributed by atoms with Gasteiger partial charge in [-0.1, -0.05) is 25.7 Å². The highest BCUT2D eigenvalue weighted by Crippen LogP contribution is 2.26. The number of hydrogen-bond acceptors (Lipinski definition) is 3. The Balaban J connectivity index is 1.76. The van der Waals surface area contributed by atoms with Crippen LogP contribution in [-0.2, 0) is 4.74 Å². The summed E-state index contributed by atoms with van der Waals surface area (Å²) in [5.41, 5.74) is -0.696. The molecule has 0 spiro atoms. The summed E-state index contributed by atoms with van der Waals surface area (Å²) in [5, 5.41) is 13.3. The van der Waals surface area contributed by atoms with Crippen molar-refractivity contribution >= 4 is 6.03 Å². The van der Waals surface area contributed by atoms with E-state index in [-0.39, 0.29) is 6.03 Å². The van der Waals surface area contributed by atoms with E-state index >= 15 is 0 Å². The molecule has 0 bridgehead atoms. The van der Waals surface area contributed by atoms with E-state index in [1.807, 2.05) is 0 Å². The summed E-state index contributed by atoms with van der Waals surface area (Å²) in [7, 11) is 0. The van der Waals surface area contributed by atoms with E-state index in [1.165, 1.54) is 12.8 Å². The van der Waals surface area contributed by atoms with Gasteiger partial charge >= 0.3 is 6.03 Å². The Morgan fingerprint density at radius 3 is 2.39 bits per heavy atom. The van der Waals surface area contributed by atoms with Gasteiger partial charge in [0.2, 0.25) is 0 Å². The molecule has 1 saturated carbocycles. The van der Waals surface area contributed by atoms with E-state index in [0.717, 1.165) is 25.7 Å². The second-order valence-electron chi connectivity index (χ2n) is 5.40. The smallest absolute Gasteiger partial charge is 0.317 e. The van der Waals surface area contributed by atoms with Crippen molar-refractivity contribution in [3.63, 3.8) is 0 Å². The average molecular weight is 256 g/mol. The number of nitrogens with zero attached hydrogens (tertiary/aromatic N) is 1. The van der Waals surface area contributed by atoms with Crippen LogP contribution in [-0.4, -0.2) is 54.5 Å². The molecule has 0 unspecified atom stereocenters. The highest BCUT2D eigenvalue weighted by Gasteiger charge is 2.29. The minimum atomic E-state index is -0.696. The van der Waals surface area contributed by atoms with Crippen LogP contribution in [0.5, 0.6) is 0 Å². The third kappa shape index (κ3) is 3.85. The van der Waals surface area contributed by atoms with Crippen LogP contribution >= 0.6 is 0 Å². The van der Waals surface area contributed by atoms with Crippen LogP contribution in [0.2, 0.25) is 0 Å². The number of rotatable bonds is 2. The number of hydrogen-bond donors (Lipinski definition) is 2. The van der Waals surface area contributed by atoms with E-state index in [2.05, 4.69) is 5.32 Å². The standard InChI is InChI=1S/C13H24N2O3/c16-12(15-7-9-18-10-8-15)14-11-13(17)5-3-1-2-4-6-13/h17H,1-11H2,(H,14,16). The second-order valence-corrected chi connectivity index (χ2v) is 5.40. The van der Waals surface area contributed by atoms with E-state index in [0.29, 0.717) is 32.8 Å². The number of ether oxygens (including phenoxy) is 1. The van der Waals surface area contributed by atoms with Crippen molar-refractivity contribution in [3.8, 4) is 0 Å². The summed E-state index contributed by atoms with van der Waals surface area (Å²) in [6.07, 6.45) is 6.11. The van der Waals surface area contributed by atoms with Crippen LogP contribution in [0.15, 0.2) is 0 Å². The third-order valence-electron chi connectivity index (χ3n) is 3.90. The molecule has 0 atom stereocenters. The van der Waals surface area contributed by atoms with Crippen molar-refractivity contribution in [1.82, 2.24) is 10.2 Å². The Kier molecular flexibility index (Phi) is 4.83. The predicted molar refractivity (Wildman–Crippen MR) is 68.4 cm³/mol. The zero-order valence-corrected chi connectivity index (χ0v) is 11.0. The highest BCUT2D eigenvalue weighted by atomic mass is 16.5. The van der Waals surface area contributed by atoms with Gasteiger partial charge in [-0.3, -0.25) is 0 Å². The summed E-state index contributed by atoms with van der Waals surface area (Å²) in [6, 6.07) is -0.0732. The van der Waals surface area contributed by atoms with Gasteiger partial charge in [0.15, 0.2) is 0 Å². The molecule has 104 valence electrons. The lowest BCUT2D eigenvalue weighted by molar-refractivity contribution is 0.0223. The van der Waals surface area contributed by atoms with Crippen LogP contribution in [0.3, 0.4) is 0 Å². The molecule has 1 saturated heterocycles. The van der Waals surface area contributed by atoms with Gasteiger partial charge in [0.25, 0.3) is 0 Å². The Morgan fingerprint density at radius 1 is 1.17 bits per heavy atom. The van der Waals surface area contributed by atoms with Crippen LogP contribution in [0.1, 0.15) is 38.5 Å². The molecule has 0 radical (unpaired) electrons. The minimum Gasteiger partial charge on any atom is -0.388 e. The summed E-state index contributed by atoms with van der Waals surface area (Å²) in [6.45, 7) is 2.88. The maximum absolute atomic E-state index is 11.9. The fourth-order valence-electron chi connectivity index (χ4n) is 2.68. The zero-order chi connectivity index (χ0) is 12.8. The van der Waals surface area contributed by atoms with Gasteiger partial charge in [0.05, 0.1) is 18.8 Å². The van der Waals surface area contributed by atoms with Crippen molar-refractivity contribution in [2.45, 2.75) is 44.1 Å². The fraction of sp³-hybridized carbons (Fsp3) is 0.923. The normalized spacial score (nSPS) is 24.4. The monoisotopic (exact) mass is 256 g/mol. The lowest BCUT2D eigenvalue weighted by Crippen LogP contribution is -2.50. The van der Waals surface area contributed by atoms with Crippen molar-refractivity contribution in [2.24, 2.45) is 0 Å². The van der Waals surface area contributed by atoms with Crippen molar-refractivity contribution < 1.29 is 14.6 Å². The number of amides is 2. The Labute approximate surface area is 108 Å². The van der Waals surface area contributed by atoms with E-state index in [4.69, 9.17) is 4.74 Å². The third-order valence-corrected chi connectivity index (χ3v) is 3.90. The Bertz CT molecular complexity index is 269. The van der Waals surface area contributed by atoms with Gasteiger partial charge in [-0.05, 0) is 12.8 Å². The molecule has 1 heterocycles. The second kappa shape index (κ2) is 6.38. The molecule has 2 rings (SSSR count). The molecule has 2 N–H and O–H groups in total. The number of aliphatic hydroxyl groups is 1. The van der Waals surface area contributed by atoms with Gasteiger partial charge in [-0.2, -0.15) is 0 Å². The van der Waals surface area contributed by atoms with Crippen LogP contribution in [0, 0.1) is 0 Å². The summed E-state index contributed by atoms with van der Waals surface area (Å²) < 4.78 is 5.21. The number of morpholine rings is 1. The van der Waals surface area contributed by atoms with Crippen LogP contribution < -0.4 is 5.32 Å². The SMILES string of the molecule is O=C(NCC1(O)CCCCCC1)N1CCOCC1. The molecule has 2 aliphatic rings. The fourth-order valence-corrected chi connectivity index (χ4v) is 2.68. The van der Waals surface area contributed by atoms with E-state index in [1.54, 1.807) is 4.90 Å². The largest absolute Gasteiger partial charge is 0.388 e. The molecule has 5 nitrogen and oxygen atoms in total. The van der Waals surface area contributed by atoms with Crippen LogP contribution in [0.25, 0.3) is 0 Å². The Hall–Kier alpha value is -0.810. The van der Waals surface area contributed by atoms with Gasteiger partial charge in [0, 0.05) is 19.6 Å². The lowest BCUT2D eigenvalue weighted by atomic mass is 9.94. The first-order valence-electron chi connectivity index (χ1n) is 7.03. The number of urea groups is 1. The maximum Gasteiger partial charge on any atom is 0.317 e. The first kappa shape index (κ1) is 13.6. The van der Waals surface area contributed by atoms with E-state index in [9.17, 15) is 9.90 Å². The molecular formula is C13H24N2O3. The quantitative estimate of drug-likeness (QED) is 0.728. The van der Waals surface area contributed by atoms with Crippen LogP contribution in [0.4, 0.5) is 4.79 Å². The summed E-state index contributed by atoms with van der Waals surface area (Å²) in [4.78, 5) is 13.7. The van der Waals surface area contributed by atoms with Gasteiger partial charge in [-0.25, -0.2) is 4.79 Å². The van der Waals surface area contributed by atoms with Gasteiger partial charge in [-0.15, -0.1) is 0 Å². The molecule has 0 aromatic rings. The molecule has 0 aromatic carbocycles. The molecule has 1 aliphatic carbocycles. The Morgan fingerprint density at radius 2 is 1.78 bits per heavy atom. The predicted octanol–water partition coefficient (Wildman–Crippen LogP) is 1.11. The molecule has 18 heavy (non-hydrogen) atoms. The number of carbonyl (C=O) groups excluding carboxylic acids is 1. The van der Waals surface area contributed by atoms with Gasteiger partial charge < -0.3 is 20.1 Å². The van der Waals surface area contributed by atoms with Crippen molar-refractivity contribution in [2.75, 3.05) is 32.8 Å². The molecule has 2 fully saturated rings. The van der Waals surface area contributed by atoms with Crippen molar-refractivity contribution in [3.05, 3.63) is 0 Å². The zero-order valence-electron chi connectivity index (χ0n) is 11.0. The minimum absolute atomic E-state index is 0.0732. The molecule has 0 aromatic heterocycles. The van der Waals surface area contributed by atoms with Gasteiger partial charge in [0.1, 0.15) is 0 Å². The first-order valence-corrected chi connectivity index (χ1v) is 7.03. The van der Waals surface area contributed by atoms with E-state index < -0.39 is 5.60 Å². The summed E-state index contributed by atoms with van der Waals surface area (Å²) >= 11 is 0. The number of nitrogens with one attached hydrogen (secondary N) is 1. The maximum atomic E-state index is 11.9. The highest BCUT2D eigenvalue weighted by molar-refractivity contribution is 5.74. The molecule has 2 amide bonds. The number of carbonyl (C=O) groups is 1. The molecule has 1 aliphatic heterocycles. The summed E-state index contributed by atoms with van der Waals surface area (Å²) in [5.74, 6) is 0. The average Bonchev–Trinajstić information content (AvgIpc) is 2.62. The molecule has 5 heteroatoms. The topological polar surface area (TPSA) is 61.8 Å². The van der Waals surface area contributed by atoms with Crippen molar-refractivity contribution in [1.29, 1.82) is 0 Å². The first-order chi connectivity index (χ1) is 8.70. The lowest BCUT2D eigenvalue weighted by Gasteiger charge is -2.31.